The Kier molecular flexibility index (Phi) is 11.6. The Hall–Kier alpha value is -3.46. The number of β-amino-alcohol motifs (C(OH)–C–C–N with tert-alkyl or cyclic N) is 1. The SMILES string of the molecule is CC(C)C1C(=O)O[C@@H](C(C)C)[C@H](N)C(=O)N2NCCC[C@@H]2C(=O)N(O)[C@@H](C)C(=O)N2NC[C@H](O)C[C@@H]2C(=O)N2CC[C@@](C)(O)C2C(=O)N1O. The van der Waals surface area contributed by atoms with Gasteiger partial charge in [-0.1, -0.05) is 27.7 Å². The van der Waals surface area contributed by atoms with E-state index in [1.807, 2.05) is 0 Å². The average molecular weight is 699 g/mol. The van der Waals surface area contributed by atoms with E-state index in [2.05, 4.69) is 10.9 Å². The van der Waals surface area contributed by atoms with Crippen LogP contribution in [-0.4, -0.2) is 155 Å². The van der Waals surface area contributed by atoms with Gasteiger partial charge >= 0.3 is 5.97 Å². The molecule has 4 saturated heterocycles. The number of hydroxylamine groups is 4. The average Bonchev–Trinajstić information content (AvgIpc) is 3.37. The van der Waals surface area contributed by atoms with E-state index in [1.165, 1.54) is 27.7 Å². The molecule has 5 amide bonds. The number of hydrogen-bond donors (Lipinski definition) is 7. The number of hydrogen-bond acceptors (Lipinski definition) is 14. The molecule has 276 valence electrons. The smallest absolute Gasteiger partial charge is 0.332 e. The third-order valence-electron chi connectivity index (χ3n) is 9.73. The maximum atomic E-state index is 14.2. The van der Waals surface area contributed by atoms with E-state index in [-0.39, 0.29) is 49.0 Å². The number of aliphatic hydroxyl groups is 2. The van der Waals surface area contributed by atoms with Crippen LogP contribution in [0.1, 0.15) is 67.2 Å². The number of nitrogens with zero attached hydrogens (tertiary/aromatic N) is 5. The Balaban J connectivity index is 1.84. The molecule has 2 unspecified atom stereocenters. The number of carbonyl (C=O) groups is 6. The van der Waals surface area contributed by atoms with Gasteiger partial charge in [0.1, 0.15) is 36.3 Å². The maximum Gasteiger partial charge on any atom is 0.332 e. The van der Waals surface area contributed by atoms with Gasteiger partial charge in [0, 0.05) is 26.1 Å². The predicted octanol–water partition coefficient (Wildman–Crippen LogP) is -2.94. The van der Waals surface area contributed by atoms with Crippen molar-refractivity contribution >= 4 is 35.5 Å². The number of hydrazine groups is 2. The summed E-state index contributed by atoms with van der Waals surface area (Å²) in [6, 6.07) is -9.38. The van der Waals surface area contributed by atoms with Gasteiger partial charge in [0.15, 0.2) is 6.04 Å². The highest BCUT2D eigenvalue weighted by atomic mass is 16.6. The van der Waals surface area contributed by atoms with Gasteiger partial charge in [-0.05, 0) is 44.9 Å². The monoisotopic (exact) mass is 698 g/mol. The molecule has 0 bridgehead atoms. The van der Waals surface area contributed by atoms with Gasteiger partial charge in [0.25, 0.3) is 23.6 Å². The van der Waals surface area contributed by atoms with E-state index < -0.39 is 101 Å². The second kappa shape index (κ2) is 14.8. The van der Waals surface area contributed by atoms with Crippen LogP contribution in [0.5, 0.6) is 0 Å². The molecule has 19 heteroatoms. The lowest BCUT2D eigenvalue weighted by molar-refractivity contribution is -0.204. The van der Waals surface area contributed by atoms with Gasteiger partial charge in [0.2, 0.25) is 5.91 Å². The van der Waals surface area contributed by atoms with Crippen LogP contribution in [0.2, 0.25) is 0 Å². The number of rotatable bonds is 2. The van der Waals surface area contributed by atoms with Gasteiger partial charge in [-0.3, -0.25) is 44.4 Å². The minimum absolute atomic E-state index is 0.0803. The summed E-state index contributed by atoms with van der Waals surface area (Å²) in [7, 11) is 0. The maximum absolute atomic E-state index is 14.2. The van der Waals surface area contributed by atoms with Crippen molar-refractivity contribution in [3.05, 3.63) is 0 Å². The lowest BCUT2D eigenvalue weighted by Gasteiger charge is -2.43. The van der Waals surface area contributed by atoms with Crippen molar-refractivity contribution in [2.24, 2.45) is 17.6 Å². The van der Waals surface area contributed by atoms with Crippen molar-refractivity contribution in [1.82, 2.24) is 35.9 Å². The van der Waals surface area contributed by atoms with Crippen LogP contribution in [-0.2, 0) is 33.5 Å². The van der Waals surface area contributed by atoms with E-state index in [9.17, 15) is 49.4 Å². The van der Waals surface area contributed by atoms with Crippen LogP contribution in [0.3, 0.4) is 0 Å². The number of ether oxygens (including phenoxy) is 1. The summed E-state index contributed by atoms with van der Waals surface area (Å²) in [5.74, 6) is -7.41. The Morgan fingerprint density at radius 3 is 2.12 bits per heavy atom. The first kappa shape index (κ1) is 38.3. The first-order chi connectivity index (χ1) is 22.8. The van der Waals surface area contributed by atoms with Crippen molar-refractivity contribution in [2.45, 2.75) is 121 Å². The molecule has 4 heterocycles. The first-order valence-corrected chi connectivity index (χ1v) is 16.7. The molecule has 0 spiro atoms. The third-order valence-corrected chi connectivity index (χ3v) is 9.73. The molecule has 0 saturated carbocycles. The Labute approximate surface area is 284 Å². The predicted molar refractivity (Wildman–Crippen MR) is 166 cm³/mol. The normalized spacial score (nSPS) is 36.4. The van der Waals surface area contributed by atoms with E-state index >= 15 is 0 Å². The number of aliphatic hydroxyl groups excluding tert-OH is 1. The Morgan fingerprint density at radius 1 is 0.878 bits per heavy atom. The van der Waals surface area contributed by atoms with E-state index in [0.717, 1.165) is 14.9 Å². The van der Waals surface area contributed by atoms with Crippen molar-refractivity contribution < 1.29 is 54.1 Å². The van der Waals surface area contributed by atoms with E-state index in [1.54, 1.807) is 13.8 Å². The zero-order chi connectivity index (χ0) is 36.7. The fraction of sp³-hybridized carbons (Fsp3) is 0.800. The third kappa shape index (κ3) is 7.38. The van der Waals surface area contributed by atoms with Crippen LogP contribution in [0, 0.1) is 11.8 Å². The minimum Gasteiger partial charge on any atom is -0.458 e. The van der Waals surface area contributed by atoms with Gasteiger partial charge in [-0.25, -0.2) is 25.8 Å². The molecule has 4 aliphatic rings. The fourth-order valence-electron chi connectivity index (χ4n) is 6.87. The van der Waals surface area contributed by atoms with E-state index in [0.29, 0.717) is 6.42 Å². The summed E-state index contributed by atoms with van der Waals surface area (Å²) in [6.45, 7) is 8.69. The summed E-state index contributed by atoms with van der Waals surface area (Å²) >= 11 is 0. The largest absolute Gasteiger partial charge is 0.458 e. The standard InChI is InChI=1S/C30H50N8O11/c1-14(2)21-29(45)49-22(15(3)4)20(31)27(43)35-18(8-7-10-32-35)26(42)37(47)16(5)24(40)36-19(12-17(39)13-33-36)25(41)34-11-9-30(6,46)23(34)28(44)38(21)48/h14-23,32-33,39,46-48H,7-13,31H2,1-6H3/t16-,17+,18+,19+,20-,21?,22-,23?,30+/m0/s1. The topological polar surface area (TPSA) is 259 Å². The molecule has 4 aliphatic heterocycles. The van der Waals surface area contributed by atoms with Crippen molar-refractivity contribution in [3.63, 3.8) is 0 Å². The quantitative estimate of drug-likeness (QED) is 0.113. The number of amides is 5. The highest BCUT2D eigenvalue weighted by Crippen LogP contribution is 2.33. The molecular weight excluding hydrogens is 648 g/mol. The number of nitrogens with one attached hydrogen (secondary N) is 2. The van der Waals surface area contributed by atoms with Gasteiger partial charge in [-0.2, -0.15) is 0 Å². The van der Waals surface area contributed by atoms with Crippen LogP contribution < -0.4 is 16.6 Å². The lowest BCUT2D eigenvalue weighted by atomic mass is 9.94. The number of cyclic esters (lactones) is 1. The van der Waals surface area contributed by atoms with Crippen LogP contribution in [0.15, 0.2) is 0 Å². The van der Waals surface area contributed by atoms with Gasteiger partial charge < -0.3 is 25.6 Å². The molecule has 4 rings (SSSR count). The fourth-order valence-corrected chi connectivity index (χ4v) is 6.87. The summed E-state index contributed by atoms with van der Waals surface area (Å²) in [5, 5.41) is 46.2. The molecule has 0 radical (unpaired) electrons. The summed E-state index contributed by atoms with van der Waals surface area (Å²) in [6.07, 6.45) is -2.39. The summed E-state index contributed by atoms with van der Waals surface area (Å²) in [5.41, 5.74) is 9.94. The highest BCUT2D eigenvalue weighted by Gasteiger charge is 2.55. The van der Waals surface area contributed by atoms with Gasteiger partial charge in [0.05, 0.1) is 11.7 Å². The first-order valence-electron chi connectivity index (χ1n) is 16.7. The second-order valence-electron chi connectivity index (χ2n) is 14.2. The van der Waals surface area contributed by atoms with Crippen LogP contribution >= 0.6 is 0 Å². The van der Waals surface area contributed by atoms with Gasteiger partial charge in [-0.15, -0.1) is 0 Å². The zero-order valence-corrected chi connectivity index (χ0v) is 28.7. The highest BCUT2D eigenvalue weighted by molar-refractivity contribution is 5.97. The number of nitrogens with two attached hydrogens (primary N) is 1. The summed E-state index contributed by atoms with van der Waals surface area (Å²) in [4.78, 5) is 84.2. The molecule has 0 aliphatic carbocycles. The van der Waals surface area contributed by atoms with Crippen LogP contribution in [0.25, 0.3) is 0 Å². The molecule has 0 aromatic carbocycles. The zero-order valence-electron chi connectivity index (χ0n) is 28.7. The molecule has 9 atom stereocenters. The lowest BCUT2D eigenvalue weighted by Crippen LogP contribution is -2.68. The number of fused-ring (bicyclic) bond motifs is 3. The Morgan fingerprint density at radius 2 is 1.51 bits per heavy atom. The molecule has 0 aromatic heterocycles. The number of carbonyl (C=O) groups excluding carboxylic acids is 6. The molecule has 8 N–H and O–H groups in total. The van der Waals surface area contributed by atoms with Crippen molar-refractivity contribution in [2.75, 3.05) is 19.6 Å². The molecule has 4 fully saturated rings. The minimum atomic E-state index is -1.90. The van der Waals surface area contributed by atoms with Crippen molar-refractivity contribution in [3.8, 4) is 0 Å². The second-order valence-corrected chi connectivity index (χ2v) is 14.2. The molecule has 19 nitrogen and oxygen atoms in total. The summed E-state index contributed by atoms with van der Waals surface area (Å²) < 4.78 is 5.71. The number of esters is 1. The molecule has 49 heavy (non-hydrogen) atoms. The molecular formula is C30H50N8O11. The van der Waals surface area contributed by atoms with Crippen molar-refractivity contribution in [1.29, 1.82) is 0 Å². The molecule has 0 aromatic rings. The Bertz CT molecular complexity index is 1310. The van der Waals surface area contributed by atoms with E-state index in [4.69, 9.17) is 10.5 Å². The van der Waals surface area contributed by atoms with Crippen LogP contribution in [0.4, 0.5) is 0 Å².